The van der Waals surface area contributed by atoms with E-state index in [9.17, 15) is 4.79 Å². The molecule has 0 saturated carbocycles. The van der Waals surface area contributed by atoms with Crippen LogP contribution in [0, 0.1) is 12.8 Å². The summed E-state index contributed by atoms with van der Waals surface area (Å²) in [6.45, 7) is 7.70. The molecular formula is C22H27N3O2. The lowest BCUT2D eigenvalue weighted by atomic mass is 10.2. The number of fused-ring (bicyclic) bond motifs is 1. The van der Waals surface area contributed by atoms with Gasteiger partial charge in [0.15, 0.2) is 0 Å². The fraction of sp³-hybridized carbons (Fsp3) is 0.364. The van der Waals surface area contributed by atoms with Gasteiger partial charge < -0.3 is 14.6 Å². The summed E-state index contributed by atoms with van der Waals surface area (Å²) in [6.07, 6.45) is 0.692. The minimum absolute atomic E-state index is 0.00783. The summed E-state index contributed by atoms with van der Waals surface area (Å²) in [7, 11) is 0. The number of benzene rings is 2. The summed E-state index contributed by atoms with van der Waals surface area (Å²) in [6, 6.07) is 16.2. The second-order valence-electron chi connectivity index (χ2n) is 7.03. The average Bonchev–Trinajstić information content (AvgIpc) is 2.99. The molecule has 0 saturated heterocycles. The number of aromatic nitrogens is 2. The van der Waals surface area contributed by atoms with Crippen LogP contribution >= 0.6 is 0 Å². The molecule has 5 nitrogen and oxygen atoms in total. The van der Waals surface area contributed by atoms with Crippen LogP contribution in [0.25, 0.3) is 11.0 Å². The monoisotopic (exact) mass is 365 g/mol. The van der Waals surface area contributed by atoms with E-state index in [2.05, 4.69) is 28.9 Å². The van der Waals surface area contributed by atoms with E-state index in [0.717, 1.165) is 22.6 Å². The van der Waals surface area contributed by atoms with Gasteiger partial charge in [-0.25, -0.2) is 4.98 Å². The Morgan fingerprint density at radius 2 is 2.00 bits per heavy atom. The molecule has 27 heavy (non-hydrogen) atoms. The van der Waals surface area contributed by atoms with E-state index in [4.69, 9.17) is 9.72 Å². The molecule has 1 amide bonds. The summed E-state index contributed by atoms with van der Waals surface area (Å²) in [5.41, 5.74) is 3.25. The molecule has 1 heterocycles. The van der Waals surface area contributed by atoms with Crippen LogP contribution in [0.2, 0.25) is 0 Å². The van der Waals surface area contributed by atoms with Gasteiger partial charge in [0, 0.05) is 18.9 Å². The predicted molar refractivity (Wildman–Crippen MR) is 108 cm³/mol. The number of hydrogen-bond donors (Lipinski definition) is 1. The number of imidazole rings is 1. The number of nitrogens with one attached hydrogen (secondary N) is 1. The standard InChI is InChI=1S/C22H27N3O2/c1-16(2)22(26)23-12-11-21-24-19-9-4-5-10-20(19)25(21)13-14-27-18-8-6-7-17(3)15-18/h4-10,15-16H,11-14H2,1-3H3,(H,23,26). The molecule has 0 bridgehead atoms. The van der Waals surface area contributed by atoms with Gasteiger partial charge in [-0.15, -0.1) is 0 Å². The van der Waals surface area contributed by atoms with E-state index in [-0.39, 0.29) is 11.8 Å². The van der Waals surface area contributed by atoms with Crippen molar-refractivity contribution in [3.63, 3.8) is 0 Å². The molecule has 0 aliphatic heterocycles. The Bertz CT molecular complexity index is 915. The van der Waals surface area contributed by atoms with Crippen molar-refractivity contribution >= 4 is 16.9 Å². The van der Waals surface area contributed by atoms with Gasteiger partial charge in [0.05, 0.1) is 17.6 Å². The number of carbonyl (C=O) groups is 1. The summed E-state index contributed by atoms with van der Waals surface area (Å²) in [4.78, 5) is 16.5. The lowest BCUT2D eigenvalue weighted by Gasteiger charge is -2.12. The Hall–Kier alpha value is -2.82. The molecule has 0 unspecified atom stereocenters. The highest BCUT2D eigenvalue weighted by Gasteiger charge is 2.12. The van der Waals surface area contributed by atoms with Gasteiger partial charge in [0.2, 0.25) is 5.91 Å². The minimum atomic E-state index is -0.00783. The van der Waals surface area contributed by atoms with E-state index in [1.165, 1.54) is 5.56 Å². The van der Waals surface area contributed by atoms with Crippen LogP contribution in [0.3, 0.4) is 0 Å². The minimum Gasteiger partial charge on any atom is -0.492 e. The Morgan fingerprint density at radius 1 is 1.19 bits per heavy atom. The van der Waals surface area contributed by atoms with Gasteiger partial charge in [-0.3, -0.25) is 4.79 Å². The molecular weight excluding hydrogens is 338 g/mol. The third kappa shape index (κ3) is 4.88. The van der Waals surface area contributed by atoms with Gasteiger partial charge in [0.1, 0.15) is 18.2 Å². The van der Waals surface area contributed by atoms with E-state index >= 15 is 0 Å². The maximum absolute atomic E-state index is 11.8. The number of para-hydroxylation sites is 2. The quantitative estimate of drug-likeness (QED) is 0.662. The van der Waals surface area contributed by atoms with Crippen molar-refractivity contribution in [3.05, 3.63) is 59.9 Å². The molecule has 0 aliphatic carbocycles. The van der Waals surface area contributed by atoms with E-state index in [1.807, 2.05) is 50.2 Å². The molecule has 1 aromatic heterocycles. The van der Waals surface area contributed by atoms with Crippen molar-refractivity contribution in [2.24, 2.45) is 5.92 Å². The second kappa shape index (κ2) is 8.71. The normalized spacial score (nSPS) is 11.1. The van der Waals surface area contributed by atoms with Gasteiger partial charge in [-0.05, 0) is 36.8 Å². The van der Waals surface area contributed by atoms with Crippen LogP contribution in [0.4, 0.5) is 0 Å². The van der Waals surface area contributed by atoms with Crippen molar-refractivity contribution < 1.29 is 9.53 Å². The van der Waals surface area contributed by atoms with Gasteiger partial charge in [-0.1, -0.05) is 38.1 Å². The summed E-state index contributed by atoms with van der Waals surface area (Å²) >= 11 is 0. The maximum atomic E-state index is 11.8. The first-order chi connectivity index (χ1) is 13.0. The average molecular weight is 365 g/mol. The first-order valence-electron chi connectivity index (χ1n) is 9.46. The SMILES string of the molecule is Cc1cccc(OCCn2c(CCNC(=O)C(C)C)nc3ccccc32)c1. The molecule has 3 aromatic rings. The highest BCUT2D eigenvalue weighted by atomic mass is 16.5. The largest absolute Gasteiger partial charge is 0.492 e. The second-order valence-corrected chi connectivity index (χ2v) is 7.03. The van der Waals surface area contributed by atoms with E-state index in [0.29, 0.717) is 26.1 Å². The molecule has 5 heteroatoms. The zero-order valence-electron chi connectivity index (χ0n) is 16.2. The lowest BCUT2D eigenvalue weighted by molar-refractivity contribution is -0.123. The summed E-state index contributed by atoms with van der Waals surface area (Å²) < 4.78 is 8.11. The number of hydrogen-bond acceptors (Lipinski definition) is 3. The number of ether oxygens (including phenoxy) is 1. The van der Waals surface area contributed by atoms with Crippen molar-refractivity contribution in [1.82, 2.24) is 14.9 Å². The molecule has 0 fully saturated rings. The number of aryl methyl sites for hydroxylation is 1. The number of nitrogens with zero attached hydrogens (tertiary/aromatic N) is 2. The Morgan fingerprint density at radius 3 is 2.78 bits per heavy atom. The van der Waals surface area contributed by atoms with Crippen LogP contribution in [-0.4, -0.2) is 28.6 Å². The van der Waals surface area contributed by atoms with Crippen molar-refractivity contribution in [2.45, 2.75) is 33.7 Å². The van der Waals surface area contributed by atoms with Crippen LogP contribution in [0.5, 0.6) is 5.75 Å². The lowest BCUT2D eigenvalue weighted by Crippen LogP contribution is -2.30. The topological polar surface area (TPSA) is 56.1 Å². The molecule has 0 aliphatic rings. The van der Waals surface area contributed by atoms with Crippen LogP contribution < -0.4 is 10.1 Å². The molecule has 3 rings (SSSR count). The zero-order valence-corrected chi connectivity index (χ0v) is 16.2. The van der Waals surface area contributed by atoms with Gasteiger partial charge in [0.25, 0.3) is 0 Å². The molecule has 0 spiro atoms. The van der Waals surface area contributed by atoms with Crippen LogP contribution in [0.1, 0.15) is 25.2 Å². The smallest absolute Gasteiger partial charge is 0.222 e. The van der Waals surface area contributed by atoms with Crippen LogP contribution in [0.15, 0.2) is 48.5 Å². The summed E-state index contributed by atoms with van der Waals surface area (Å²) in [5, 5.41) is 2.97. The predicted octanol–water partition coefficient (Wildman–Crippen LogP) is 3.74. The van der Waals surface area contributed by atoms with Gasteiger partial charge >= 0.3 is 0 Å². The number of amides is 1. The van der Waals surface area contributed by atoms with Crippen molar-refractivity contribution in [1.29, 1.82) is 0 Å². The fourth-order valence-corrected chi connectivity index (χ4v) is 3.03. The first-order valence-corrected chi connectivity index (χ1v) is 9.46. The van der Waals surface area contributed by atoms with E-state index in [1.54, 1.807) is 0 Å². The van der Waals surface area contributed by atoms with Crippen molar-refractivity contribution in [2.75, 3.05) is 13.2 Å². The highest BCUT2D eigenvalue weighted by molar-refractivity contribution is 5.78. The Labute approximate surface area is 160 Å². The van der Waals surface area contributed by atoms with E-state index < -0.39 is 0 Å². The number of rotatable bonds is 8. The molecule has 0 atom stereocenters. The summed E-state index contributed by atoms with van der Waals surface area (Å²) in [5.74, 6) is 1.91. The highest BCUT2D eigenvalue weighted by Crippen LogP contribution is 2.17. The first kappa shape index (κ1) is 19.0. The third-order valence-electron chi connectivity index (χ3n) is 4.48. The van der Waals surface area contributed by atoms with Crippen LogP contribution in [-0.2, 0) is 17.8 Å². The maximum Gasteiger partial charge on any atom is 0.222 e. The number of carbonyl (C=O) groups excluding carboxylic acids is 1. The third-order valence-corrected chi connectivity index (χ3v) is 4.48. The molecule has 1 N–H and O–H groups in total. The van der Waals surface area contributed by atoms with Gasteiger partial charge in [-0.2, -0.15) is 0 Å². The Kier molecular flexibility index (Phi) is 6.12. The van der Waals surface area contributed by atoms with Crippen molar-refractivity contribution in [3.8, 4) is 5.75 Å². The molecule has 142 valence electrons. The molecule has 0 radical (unpaired) electrons. The fourth-order valence-electron chi connectivity index (χ4n) is 3.03. The molecule has 2 aromatic carbocycles. The zero-order chi connectivity index (χ0) is 19.2. The Balaban J connectivity index is 1.69.